The maximum absolute atomic E-state index is 14.3. The molecule has 0 amide bonds. The Labute approximate surface area is 138 Å². The first-order valence-electron chi connectivity index (χ1n) is 7.45. The van der Waals surface area contributed by atoms with E-state index in [1.165, 1.54) is 0 Å². The molecule has 0 saturated carbocycles. The Morgan fingerprint density at radius 1 is 0.792 bits per heavy atom. The quantitative estimate of drug-likeness (QED) is 0.408. The fraction of sp³-hybridized carbons (Fsp3) is 0. The summed E-state index contributed by atoms with van der Waals surface area (Å²) in [6.07, 6.45) is 0. The highest BCUT2D eigenvalue weighted by Gasteiger charge is 2.46. The highest BCUT2D eigenvalue weighted by Crippen LogP contribution is 2.58. The van der Waals surface area contributed by atoms with E-state index in [1.807, 2.05) is 36.4 Å². The molecule has 3 aromatic carbocycles. The number of hydrogen-bond donors (Lipinski definition) is 0. The van der Waals surface area contributed by atoms with Crippen molar-refractivity contribution in [1.82, 2.24) is 0 Å². The van der Waals surface area contributed by atoms with E-state index in [4.69, 9.17) is 9.47 Å². The monoisotopic (exact) mass is 331 g/mol. The summed E-state index contributed by atoms with van der Waals surface area (Å²) in [5, 5.41) is 11.1. The third-order valence-corrected chi connectivity index (χ3v) is 7.50. The van der Waals surface area contributed by atoms with Crippen LogP contribution in [0.1, 0.15) is 5.56 Å². The van der Waals surface area contributed by atoms with E-state index in [0.29, 0.717) is 44.5 Å². The lowest BCUT2D eigenvalue weighted by molar-refractivity contribution is 0.461. The molecule has 5 rings (SSSR count). The summed E-state index contributed by atoms with van der Waals surface area (Å²) >= 11 is 0. The molecular formula is C19H10NO3P. The Kier molecular flexibility index (Phi) is 2.52. The number of rotatable bonds is 0. The molecule has 0 aromatic heterocycles. The predicted molar refractivity (Wildman–Crippen MR) is 90.7 cm³/mol. The molecule has 3 aromatic rings. The zero-order chi connectivity index (χ0) is 16.3. The molecule has 114 valence electrons. The molecule has 0 atom stereocenters. The summed E-state index contributed by atoms with van der Waals surface area (Å²) in [4.78, 5) is 0. The second-order valence-electron chi connectivity index (χ2n) is 5.68. The SMILES string of the molecule is N#Cc1cc2c3c(c1)Oc1ccccc1P3(=O)c1ccccc1O2. The Bertz CT molecular complexity index is 1040. The van der Waals surface area contributed by atoms with Gasteiger partial charge in [0.2, 0.25) is 0 Å². The van der Waals surface area contributed by atoms with Crippen LogP contribution in [0.25, 0.3) is 0 Å². The lowest BCUT2D eigenvalue weighted by atomic mass is 10.2. The molecule has 0 spiro atoms. The van der Waals surface area contributed by atoms with E-state index < -0.39 is 7.14 Å². The minimum Gasteiger partial charge on any atom is -0.456 e. The Morgan fingerprint density at radius 2 is 1.29 bits per heavy atom. The van der Waals surface area contributed by atoms with Gasteiger partial charge in [0, 0.05) is 0 Å². The van der Waals surface area contributed by atoms with Crippen molar-refractivity contribution >= 4 is 23.1 Å². The van der Waals surface area contributed by atoms with Gasteiger partial charge in [-0.05, 0) is 36.4 Å². The average Bonchev–Trinajstić information content (AvgIpc) is 2.61. The lowest BCUT2D eigenvalue weighted by Gasteiger charge is -2.34. The normalized spacial score (nSPS) is 15.0. The molecule has 2 heterocycles. The second-order valence-corrected chi connectivity index (χ2v) is 8.31. The van der Waals surface area contributed by atoms with Crippen LogP contribution in [-0.2, 0) is 4.57 Å². The van der Waals surface area contributed by atoms with Gasteiger partial charge in [-0.15, -0.1) is 0 Å². The Morgan fingerprint density at radius 3 is 1.79 bits per heavy atom. The maximum Gasteiger partial charge on any atom is 0.185 e. The molecule has 2 aliphatic heterocycles. The van der Waals surface area contributed by atoms with Crippen LogP contribution >= 0.6 is 7.14 Å². The molecule has 0 saturated heterocycles. The van der Waals surface area contributed by atoms with Gasteiger partial charge in [-0.3, -0.25) is 0 Å². The summed E-state index contributed by atoms with van der Waals surface area (Å²) in [5.41, 5.74) is 0.411. The molecule has 0 radical (unpaired) electrons. The van der Waals surface area contributed by atoms with Gasteiger partial charge in [-0.1, -0.05) is 24.3 Å². The smallest absolute Gasteiger partial charge is 0.185 e. The topological polar surface area (TPSA) is 59.3 Å². The zero-order valence-electron chi connectivity index (χ0n) is 12.4. The largest absolute Gasteiger partial charge is 0.456 e. The Hall–Kier alpha value is -3.02. The van der Waals surface area contributed by atoms with Crippen LogP contribution in [0.2, 0.25) is 0 Å². The summed E-state index contributed by atoms with van der Waals surface area (Å²) in [6.45, 7) is 0. The van der Waals surface area contributed by atoms with Gasteiger partial charge in [-0.2, -0.15) is 5.26 Å². The number of nitriles is 1. The molecule has 0 fully saturated rings. The second kappa shape index (κ2) is 4.50. The fourth-order valence-corrected chi connectivity index (χ4v) is 6.36. The number of benzene rings is 3. The molecule has 5 heteroatoms. The van der Waals surface area contributed by atoms with Gasteiger partial charge in [0.1, 0.15) is 28.3 Å². The lowest BCUT2D eigenvalue weighted by Crippen LogP contribution is -2.35. The van der Waals surface area contributed by atoms with Gasteiger partial charge in [0.25, 0.3) is 0 Å². The van der Waals surface area contributed by atoms with Crippen LogP contribution in [0.4, 0.5) is 0 Å². The van der Waals surface area contributed by atoms with Gasteiger partial charge >= 0.3 is 0 Å². The van der Waals surface area contributed by atoms with Crippen molar-refractivity contribution in [1.29, 1.82) is 5.26 Å². The maximum atomic E-state index is 14.3. The van der Waals surface area contributed by atoms with Crippen LogP contribution in [0, 0.1) is 11.3 Å². The molecule has 4 nitrogen and oxygen atoms in total. The molecular weight excluding hydrogens is 321 g/mol. The van der Waals surface area contributed by atoms with Gasteiger partial charge in [-0.25, -0.2) is 0 Å². The minimum atomic E-state index is -3.10. The van der Waals surface area contributed by atoms with Gasteiger partial charge < -0.3 is 14.0 Å². The molecule has 24 heavy (non-hydrogen) atoms. The first-order chi connectivity index (χ1) is 11.7. The third kappa shape index (κ3) is 1.55. The van der Waals surface area contributed by atoms with Crippen LogP contribution < -0.4 is 25.4 Å². The zero-order valence-corrected chi connectivity index (χ0v) is 13.3. The van der Waals surface area contributed by atoms with Crippen molar-refractivity contribution < 1.29 is 14.0 Å². The van der Waals surface area contributed by atoms with Crippen molar-refractivity contribution in [2.75, 3.05) is 0 Å². The van der Waals surface area contributed by atoms with Crippen LogP contribution in [0.15, 0.2) is 60.7 Å². The molecule has 0 N–H and O–H groups in total. The van der Waals surface area contributed by atoms with E-state index in [0.717, 1.165) is 0 Å². The summed E-state index contributed by atoms with van der Waals surface area (Å²) in [6, 6.07) is 20.0. The molecule has 0 bridgehead atoms. The van der Waals surface area contributed by atoms with Gasteiger partial charge in [0.05, 0.1) is 22.2 Å². The van der Waals surface area contributed by atoms with Crippen LogP contribution in [0.5, 0.6) is 23.0 Å². The van der Waals surface area contributed by atoms with Crippen molar-refractivity contribution in [3.63, 3.8) is 0 Å². The first kappa shape index (κ1) is 13.4. The standard InChI is InChI=1S/C19H10NO3P/c20-11-12-9-15-19-16(10-12)23-14-6-2-4-8-18(14)24(19,21)17-7-3-1-5-13(17)22-15/h1-10H. The fourth-order valence-electron chi connectivity index (χ4n) is 3.33. The summed E-state index contributed by atoms with van der Waals surface area (Å²) < 4.78 is 26.2. The number of para-hydroxylation sites is 2. The van der Waals surface area contributed by atoms with Crippen molar-refractivity contribution in [3.8, 4) is 29.1 Å². The average molecular weight is 331 g/mol. The van der Waals surface area contributed by atoms with E-state index >= 15 is 0 Å². The number of fused-ring (bicyclic) bond motifs is 4. The summed E-state index contributed by atoms with van der Waals surface area (Å²) in [7, 11) is -3.10. The number of ether oxygens (including phenoxy) is 2. The number of hydrogen-bond acceptors (Lipinski definition) is 4. The van der Waals surface area contributed by atoms with E-state index in [1.54, 1.807) is 24.3 Å². The highest BCUT2D eigenvalue weighted by atomic mass is 31.2. The van der Waals surface area contributed by atoms with Crippen molar-refractivity contribution in [2.45, 2.75) is 0 Å². The van der Waals surface area contributed by atoms with Gasteiger partial charge in [0.15, 0.2) is 7.14 Å². The van der Waals surface area contributed by atoms with Crippen molar-refractivity contribution in [2.24, 2.45) is 0 Å². The highest BCUT2D eigenvalue weighted by molar-refractivity contribution is 7.86. The predicted octanol–water partition coefficient (Wildman–Crippen LogP) is 3.41. The molecule has 2 aliphatic rings. The van der Waals surface area contributed by atoms with Crippen LogP contribution in [-0.4, -0.2) is 0 Å². The van der Waals surface area contributed by atoms with E-state index in [2.05, 4.69) is 6.07 Å². The van der Waals surface area contributed by atoms with Crippen molar-refractivity contribution in [3.05, 3.63) is 66.2 Å². The molecule has 0 aliphatic carbocycles. The van der Waals surface area contributed by atoms with Crippen LogP contribution in [0.3, 0.4) is 0 Å². The minimum absolute atomic E-state index is 0.411. The third-order valence-electron chi connectivity index (χ3n) is 4.33. The Balaban J connectivity index is 1.96. The van der Waals surface area contributed by atoms with E-state index in [9.17, 15) is 9.83 Å². The number of nitrogens with zero attached hydrogens (tertiary/aromatic N) is 1. The molecule has 0 unspecified atom stereocenters. The first-order valence-corrected chi connectivity index (χ1v) is 9.16. The van der Waals surface area contributed by atoms with E-state index in [-0.39, 0.29) is 0 Å². The summed E-state index contributed by atoms with van der Waals surface area (Å²) in [5.74, 6) is 1.98.